The lowest BCUT2D eigenvalue weighted by atomic mass is 10.2. The molecule has 0 amide bonds. The molecule has 0 aliphatic rings. The molecule has 0 radical (unpaired) electrons. The molecule has 0 saturated heterocycles. The van der Waals surface area contributed by atoms with Gasteiger partial charge in [-0.25, -0.2) is 9.97 Å². The summed E-state index contributed by atoms with van der Waals surface area (Å²) < 4.78 is 2.19. The number of thiophene rings is 1. The van der Waals surface area contributed by atoms with Gasteiger partial charge in [0.2, 0.25) is 0 Å². The highest BCUT2D eigenvalue weighted by molar-refractivity contribution is 7.99. The molecule has 0 spiro atoms. The molecule has 0 fully saturated rings. The second kappa shape index (κ2) is 7.41. The van der Waals surface area contributed by atoms with Crippen LogP contribution >= 0.6 is 23.1 Å². The SMILES string of the molecule is Cc1cc(N)nc(SCC(=O)c2cc(C)n(Cc3cccs3)c2C)n1. The minimum atomic E-state index is 0.0826. The van der Waals surface area contributed by atoms with Crippen LogP contribution in [-0.4, -0.2) is 26.1 Å². The molecule has 0 unspecified atom stereocenters. The standard InChI is InChI=1S/C18H20N4OS2/c1-11-7-17(19)21-18(20-11)25-10-16(23)15-8-12(2)22(13(15)3)9-14-5-4-6-24-14/h4-8H,9-10H2,1-3H3,(H2,19,20,21). The molecular formula is C18H20N4OS2. The smallest absolute Gasteiger partial charge is 0.190 e. The number of nitrogens with two attached hydrogens (primary N) is 1. The van der Waals surface area contributed by atoms with Gasteiger partial charge in [0.25, 0.3) is 0 Å². The second-order valence-electron chi connectivity index (χ2n) is 5.88. The molecule has 3 heterocycles. The highest BCUT2D eigenvalue weighted by Crippen LogP contribution is 2.22. The Kier molecular flexibility index (Phi) is 5.24. The Labute approximate surface area is 155 Å². The first kappa shape index (κ1) is 17.7. The number of anilines is 1. The molecule has 3 aromatic heterocycles. The predicted octanol–water partition coefficient (Wildman–Crippen LogP) is 3.87. The summed E-state index contributed by atoms with van der Waals surface area (Å²) >= 11 is 3.05. The van der Waals surface area contributed by atoms with E-state index in [4.69, 9.17) is 5.73 Å². The van der Waals surface area contributed by atoms with E-state index in [0.717, 1.165) is 29.2 Å². The average molecular weight is 373 g/mol. The third kappa shape index (κ3) is 4.11. The summed E-state index contributed by atoms with van der Waals surface area (Å²) in [6.07, 6.45) is 0. The minimum Gasteiger partial charge on any atom is -0.384 e. The van der Waals surface area contributed by atoms with Crippen molar-refractivity contribution >= 4 is 34.7 Å². The lowest BCUT2D eigenvalue weighted by Gasteiger charge is -2.08. The maximum Gasteiger partial charge on any atom is 0.190 e. The molecule has 25 heavy (non-hydrogen) atoms. The van der Waals surface area contributed by atoms with E-state index in [-0.39, 0.29) is 5.78 Å². The summed E-state index contributed by atoms with van der Waals surface area (Å²) in [6.45, 7) is 6.70. The van der Waals surface area contributed by atoms with Gasteiger partial charge in [0.15, 0.2) is 10.9 Å². The van der Waals surface area contributed by atoms with Gasteiger partial charge in [0.05, 0.1) is 12.3 Å². The van der Waals surface area contributed by atoms with Crippen molar-refractivity contribution in [3.8, 4) is 0 Å². The number of aryl methyl sites for hydroxylation is 2. The van der Waals surface area contributed by atoms with Crippen molar-refractivity contribution in [2.75, 3.05) is 11.5 Å². The van der Waals surface area contributed by atoms with Gasteiger partial charge >= 0.3 is 0 Å². The molecule has 7 heteroatoms. The number of rotatable bonds is 6. The van der Waals surface area contributed by atoms with Gasteiger partial charge in [0, 0.05) is 33.6 Å². The molecular weight excluding hydrogens is 352 g/mol. The van der Waals surface area contributed by atoms with Gasteiger partial charge in [-0.1, -0.05) is 17.8 Å². The van der Waals surface area contributed by atoms with Gasteiger partial charge in [-0.3, -0.25) is 4.79 Å². The van der Waals surface area contributed by atoms with Gasteiger partial charge < -0.3 is 10.3 Å². The summed E-state index contributed by atoms with van der Waals surface area (Å²) in [5.74, 6) is 0.808. The Balaban J connectivity index is 1.74. The molecule has 0 aromatic carbocycles. The van der Waals surface area contributed by atoms with E-state index < -0.39 is 0 Å². The zero-order chi connectivity index (χ0) is 18.0. The lowest BCUT2D eigenvalue weighted by molar-refractivity contribution is 0.102. The third-order valence-corrected chi connectivity index (χ3v) is 5.66. The third-order valence-electron chi connectivity index (χ3n) is 3.95. The number of ketones is 1. The number of aromatic nitrogens is 3. The zero-order valence-electron chi connectivity index (χ0n) is 14.4. The van der Waals surface area contributed by atoms with Crippen molar-refractivity contribution in [1.29, 1.82) is 0 Å². The molecule has 0 bridgehead atoms. The molecule has 0 atom stereocenters. The van der Waals surface area contributed by atoms with Crippen LogP contribution in [0.2, 0.25) is 0 Å². The largest absolute Gasteiger partial charge is 0.384 e. The van der Waals surface area contributed by atoms with E-state index in [9.17, 15) is 4.79 Å². The summed E-state index contributed by atoms with van der Waals surface area (Å²) in [5, 5.41) is 2.61. The van der Waals surface area contributed by atoms with Crippen molar-refractivity contribution in [1.82, 2.24) is 14.5 Å². The molecule has 0 aliphatic heterocycles. The average Bonchev–Trinajstić information content (AvgIpc) is 3.15. The molecule has 2 N–H and O–H groups in total. The first-order valence-electron chi connectivity index (χ1n) is 7.90. The van der Waals surface area contributed by atoms with Gasteiger partial charge in [-0.05, 0) is 38.3 Å². The number of nitrogen functional groups attached to an aromatic ring is 1. The molecule has 3 rings (SSSR count). The summed E-state index contributed by atoms with van der Waals surface area (Å²) in [4.78, 5) is 22.4. The van der Waals surface area contributed by atoms with Crippen molar-refractivity contribution in [3.63, 3.8) is 0 Å². The Morgan fingerprint density at radius 1 is 1.28 bits per heavy atom. The van der Waals surface area contributed by atoms with Crippen LogP contribution in [0.3, 0.4) is 0 Å². The number of carbonyl (C=O) groups is 1. The fraction of sp³-hybridized carbons (Fsp3) is 0.278. The highest BCUT2D eigenvalue weighted by atomic mass is 32.2. The molecule has 5 nitrogen and oxygen atoms in total. The van der Waals surface area contributed by atoms with Crippen LogP contribution in [0.4, 0.5) is 5.82 Å². The number of hydrogen-bond donors (Lipinski definition) is 1. The van der Waals surface area contributed by atoms with E-state index in [1.165, 1.54) is 16.6 Å². The predicted molar refractivity (Wildman–Crippen MR) is 104 cm³/mol. The maximum atomic E-state index is 12.7. The lowest BCUT2D eigenvalue weighted by Crippen LogP contribution is -2.07. The van der Waals surface area contributed by atoms with E-state index in [0.29, 0.717) is 16.7 Å². The zero-order valence-corrected chi connectivity index (χ0v) is 16.1. The van der Waals surface area contributed by atoms with Crippen molar-refractivity contribution in [2.24, 2.45) is 0 Å². The number of hydrogen-bond acceptors (Lipinski definition) is 6. The van der Waals surface area contributed by atoms with Crippen LogP contribution in [0.5, 0.6) is 0 Å². The van der Waals surface area contributed by atoms with E-state index in [1.54, 1.807) is 17.4 Å². The number of thioether (sulfide) groups is 1. The Hall–Kier alpha value is -2.12. The quantitative estimate of drug-likeness (QED) is 0.404. The molecule has 130 valence electrons. The number of nitrogens with zero attached hydrogens (tertiary/aromatic N) is 3. The Morgan fingerprint density at radius 3 is 2.76 bits per heavy atom. The molecule has 0 aliphatic carbocycles. The van der Waals surface area contributed by atoms with Gasteiger partial charge in [-0.15, -0.1) is 11.3 Å². The van der Waals surface area contributed by atoms with Crippen LogP contribution in [0, 0.1) is 20.8 Å². The highest BCUT2D eigenvalue weighted by Gasteiger charge is 2.17. The normalized spacial score (nSPS) is 11.0. The van der Waals surface area contributed by atoms with Crippen molar-refractivity contribution < 1.29 is 4.79 Å². The Morgan fingerprint density at radius 2 is 2.08 bits per heavy atom. The van der Waals surface area contributed by atoms with Crippen molar-refractivity contribution in [3.05, 3.63) is 57.2 Å². The first-order valence-corrected chi connectivity index (χ1v) is 9.77. The molecule has 3 aromatic rings. The van der Waals surface area contributed by atoms with Gasteiger partial charge in [0.1, 0.15) is 5.82 Å². The summed E-state index contributed by atoms with van der Waals surface area (Å²) in [6, 6.07) is 7.84. The fourth-order valence-corrected chi connectivity index (χ4v) is 4.21. The fourth-order valence-electron chi connectivity index (χ4n) is 2.72. The maximum absolute atomic E-state index is 12.7. The van der Waals surface area contributed by atoms with E-state index in [2.05, 4.69) is 26.0 Å². The van der Waals surface area contributed by atoms with Crippen LogP contribution in [0.1, 0.15) is 32.3 Å². The minimum absolute atomic E-state index is 0.0826. The van der Waals surface area contributed by atoms with Crippen molar-refractivity contribution in [2.45, 2.75) is 32.5 Å². The number of Topliss-reactive ketones (excluding diaryl/α,β-unsaturated/α-hetero) is 1. The monoisotopic (exact) mass is 372 g/mol. The first-order chi connectivity index (χ1) is 11.9. The van der Waals surface area contributed by atoms with E-state index in [1.807, 2.05) is 32.9 Å². The van der Waals surface area contributed by atoms with Crippen LogP contribution < -0.4 is 5.73 Å². The summed E-state index contributed by atoms with van der Waals surface area (Å²) in [5.41, 5.74) is 9.40. The van der Waals surface area contributed by atoms with Crippen LogP contribution in [-0.2, 0) is 6.54 Å². The van der Waals surface area contributed by atoms with Gasteiger partial charge in [-0.2, -0.15) is 0 Å². The second-order valence-corrected chi connectivity index (χ2v) is 7.85. The molecule has 0 saturated carbocycles. The van der Waals surface area contributed by atoms with Crippen LogP contribution in [0.15, 0.2) is 34.8 Å². The number of carbonyl (C=O) groups excluding carboxylic acids is 1. The van der Waals surface area contributed by atoms with E-state index >= 15 is 0 Å². The topological polar surface area (TPSA) is 73.8 Å². The van der Waals surface area contributed by atoms with Crippen LogP contribution in [0.25, 0.3) is 0 Å². The Bertz CT molecular complexity index is 880. The summed E-state index contributed by atoms with van der Waals surface area (Å²) in [7, 11) is 0.